The molecule has 5 atom stereocenters. The maximum absolute atomic E-state index is 13.5. The number of hydrogen-bond acceptors (Lipinski definition) is 5. The van der Waals surface area contributed by atoms with E-state index in [1.54, 1.807) is 17.0 Å². The Kier molecular flexibility index (Phi) is 5.31. The molecule has 2 bridgehead atoms. The van der Waals surface area contributed by atoms with Gasteiger partial charge < -0.3 is 19.8 Å². The van der Waals surface area contributed by atoms with Gasteiger partial charge in [-0.05, 0) is 99.2 Å². The lowest BCUT2D eigenvalue weighted by Crippen LogP contribution is -2.78. The third kappa shape index (κ3) is 3.29. The molecule has 2 aliphatic heterocycles. The van der Waals surface area contributed by atoms with Crippen molar-refractivity contribution in [3.05, 3.63) is 64.2 Å². The average molecular weight is 515 g/mol. The second-order valence-corrected chi connectivity index (χ2v) is 12.5. The zero-order valence-corrected chi connectivity index (χ0v) is 22.6. The normalized spacial score (nSPS) is 33.2. The van der Waals surface area contributed by atoms with E-state index < -0.39 is 17.1 Å². The molecule has 5 aliphatic rings. The molecule has 2 aromatic carbocycles. The van der Waals surface area contributed by atoms with Gasteiger partial charge in [-0.1, -0.05) is 24.3 Å². The fourth-order valence-corrected chi connectivity index (χ4v) is 8.17. The Bertz CT molecular complexity index is 1350. The van der Waals surface area contributed by atoms with E-state index in [0.717, 1.165) is 43.0 Å². The summed E-state index contributed by atoms with van der Waals surface area (Å²) in [6.07, 6.45) is 8.56. The van der Waals surface area contributed by atoms with Crippen molar-refractivity contribution >= 4 is 12.0 Å². The number of aryl methyl sites for hydroxylation is 2. The van der Waals surface area contributed by atoms with Gasteiger partial charge in [-0.15, -0.1) is 0 Å². The number of carbonyl (C=O) groups excluding carboxylic acids is 1. The highest BCUT2D eigenvalue weighted by Gasteiger charge is 2.73. The fraction of sp³-hybridized carbons (Fsp3) is 0.531. The zero-order chi connectivity index (χ0) is 26.4. The molecule has 0 unspecified atom stereocenters. The second-order valence-electron chi connectivity index (χ2n) is 12.5. The molecule has 1 saturated heterocycles. The number of piperidine rings is 1. The number of ether oxygens (including phenoxy) is 1. The standard InChI is InChI=1S/C32H38N2O4/c1-19-4-5-21(16-20(19)2)8-11-27(36)33(3)24-12-13-32(37)26-17-23-9-10-25(35)29-28(23)31(32,30(24)38-29)14-15-34(26)18-22-6-7-22/h4-5,8-11,16,22,24,26,30,35,37H,6-7,12-15,17-18H2,1-3H3/t24-,26-,30+,31+,32-/m1/s1. The SMILES string of the molecule is Cc1ccc(C=CC(=O)N(C)[C@@H]2CC[C@@]3(O)[C@H]4Cc5ccc(O)c6c5[C@@]3(CCN4CC3CC3)[C@H]2O6)cc1C. The number of nitrogens with zero attached hydrogens (tertiary/aromatic N) is 2. The number of carbonyl (C=O) groups is 1. The van der Waals surface area contributed by atoms with Crippen LogP contribution in [0.1, 0.15) is 59.9 Å². The molecule has 1 spiro atoms. The van der Waals surface area contributed by atoms with Crippen LogP contribution in [0.25, 0.3) is 6.08 Å². The Morgan fingerprint density at radius 1 is 1.16 bits per heavy atom. The Morgan fingerprint density at radius 2 is 1.97 bits per heavy atom. The lowest BCUT2D eigenvalue weighted by Gasteiger charge is -2.64. The van der Waals surface area contributed by atoms with Crippen LogP contribution in [0, 0.1) is 19.8 Å². The Hall–Kier alpha value is -2.83. The monoisotopic (exact) mass is 514 g/mol. The lowest BCUT2D eigenvalue weighted by molar-refractivity contribution is -0.200. The quantitative estimate of drug-likeness (QED) is 0.588. The lowest BCUT2D eigenvalue weighted by atomic mass is 9.48. The van der Waals surface area contributed by atoms with Gasteiger partial charge in [0, 0.05) is 31.3 Å². The first-order chi connectivity index (χ1) is 18.2. The molecular formula is C32H38N2O4. The molecule has 6 nitrogen and oxygen atoms in total. The number of likely N-dealkylation sites (tertiary alicyclic amines) is 1. The topological polar surface area (TPSA) is 73.2 Å². The number of rotatable bonds is 5. The van der Waals surface area contributed by atoms with Crippen LogP contribution in [0.3, 0.4) is 0 Å². The van der Waals surface area contributed by atoms with Crippen LogP contribution in [0.5, 0.6) is 11.5 Å². The molecule has 6 heteroatoms. The van der Waals surface area contributed by atoms with Crippen LogP contribution < -0.4 is 4.74 Å². The van der Waals surface area contributed by atoms with E-state index in [-0.39, 0.29) is 23.7 Å². The number of hydrogen-bond donors (Lipinski definition) is 2. The van der Waals surface area contributed by atoms with Gasteiger partial charge in [0.05, 0.1) is 17.1 Å². The van der Waals surface area contributed by atoms with Crippen LogP contribution in [-0.4, -0.2) is 69.8 Å². The van der Waals surface area contributed by atoms with Crippen molar-refractivity contribution in [3.8, 4) is 11.5 Å². The van der Waals surface area contributed by atoms with Gasteiger partial charge in [0.2, 0.25) is 5.91 Å². The van der Waals surface area contributed by atoms with Gasteiger partial charge in [-0.3, -0.25) is 9.69 Å². The smallest absolute Gasteiger partial charge is 0.246 e. The molecular weight excluding hydrogens is 476 g/mol. The predicted molar refractivity (Wildman–Crippen MR) is 146 cm³/mol. The van der Waals surface area contributed by atoms with Crippen LogP contribution in [0.2, 0.25) is 0 Å². The van der Waals surface area contributed by atoms with E-state index in [1.807, 2.05) is 25.3 Å². The fourth-order valence-electron chi connectivity index (χ4n) is 8.17. The summed E-state index contributed by atoms with van der Waals surface area (Å²) in [5.41, 5.74) is 4.06. The van der Waals surface area contributed by atoms with Gasteiger partial charge in [0.1, 0.15) is 6.10 Å². The summed E-state index contributed by atoms with van der Waals surface area (Å²) in [4.78, 5) is 17.8. The third-order valence-electron chi connectivity index (χ3n) is 10.5. The average Bonchev–Trinajstić information content (AvgIpc) is 3.64. The van der Waals surface area contributed by atoms with Gasteiger partial charge in [0.25, 0.3) is 0 Å². The van der Waals surface area contributed by atoms with Gasteiger partial charge in [-0.25, -0.2) is 0 Å². The zero-order valence-electron chi connectivity index (χ0n) is 22.6. The predicted octanol–water partition coefficient (Wildman–Crippen LogP) is 4.11. The minimum absolute atomic E-state index is 0.0394. The largest absolute Gasteiger partial charge is 0.504 e. The van der Waals surface area contributed by atoms with Crippen molar-refractivity contribution in [3.63, 3.8) is 0 Å². The summed E-state index contributed by atoms with van der Waals surface area (Å²) in [6.45, 7) is 6.13. The highest BCUT2D eigenvalue weighted by Crippen LogP contribution is 2.66. The molecule has 2 saturated carbocycles. The van der Waals surface area contributed by atoms with Crippen molar-refractivity contribution in [2.24, 2.45) is 5.92 Å². The van der Waals surface area contributed by atoms with Crippen molar-refractivity contribution in [1.82, 2.24) is 9.80 Å². The second kappa shape index (κ2) is 8.33. The first-order valence-electron chi connectivity index (χ1n) is 14.2. The molecule has 3 fully saturated rings. The van der Waals surface area contributed by atoms with E-state index in [4.69, 9.17) is 4.74 Å². The van der Waals surface area contributed by atoms with E-state index in [0.29, 0.717) is 18.6 Å². The van der Waals surface area contributed by atoms with E-state index in [9.17, 15) is 15.0 Å². The van der Waals surface area contributed by atoms with E-state index in [1.165, 1.54) is 29.5 Å². The number of benzene rings is 2. The van der Waals surface area contributed by atoms with Gasteiger partial charge in [-0.2, -0.15) is 0 Å². The molecule has 2 aromatic rings. The summed E-state index contributed by atoms with van der Waals surface area (Å²) < 4.78 is 6.63. The first-order valence-corrected chi connectivity index (χ1v) is 14.2. The number of aliphatic hydroxyl groups is 1. The summed E-state index contributed by atoms with van der Waals surface area (Å²) in [6, 6.07) is 9.82. The van der Waals surface area contributed by atoms with Gasteiger partial charge in [0.15, 0.2) is 11.5 Å². The number of phenols is 1. The molecule has 1 amide bonds. The van der Waals surface area contributed by atoms with Gasteiger partial charge >= 0.3 is 0 Å². The number of amides is 1. The molecule has 2 heterocycles. The van der Waals surface area contributed by atoms with Crippen LogP contribution in [0.15, 0.2) is 36.4 Å². The Labute approximate surface area is 224 Å². The van der Waals surface area contributed by atoms with Crippen molar-refractivity contribution in [2.75, 3.05) is 20.1 Å². The van der Waals surface area contributed by atoms with Crippen LogP contribution in [-0.2, 0) is 16.6 Å². The number of likely N-dealkylation sites (N-methyl/N-ethyl adjacent to an activating group) is 1. The van der Waals surface area contributed by atoms with Crippen molar-refractivity contribution in [2.45, 2.75) is 81.6 Å². The minimum atomic E-state index is -0.938. The molecule has 0 radical (unpaired) electrons. The van der Waals surface area contributed by atoms with Crippen molar-refractivity contribution in [1.29, 1.82) is 0 Å². The summed E-state index contributed by atoms with van der Waals surface area (Å²) in [5.74, 6) is 1.34. The molecule has 2 N–H and O–H groups in total. The maximum atomic E-state index is 13.5. The van der Waals surface area contributed by atoms with Crippen molar-refractivity contribution < 1.29 is 19.7 Å². The molecule has 3 aliphatic carbocycles. The summed E-state index contributed by atoms with van der Waals surface area (Å²) in [5, 5.41) is 23.5. The first kappa shape index (κ1) is 24.2. The molecule has 38 heavy (non-hydrogen) atoms. The highest BCUT2D eigenvalue weighted by atomic mass is 16.5. The Morgan fingerprint density at radius 3 is 2.74 bits per heavy atom. The molecule has 200 valence electrons. The van der Waals surface area contributed by atoms with E-state index >= 15 is 0 Å². The minimum Gasteiger partial charge on any atom is -0.504 e. The summed E-state index contributed by atoms with van der Waals surface area (Å²) in [7, 11) is 1.86. The number of aromatic hydroxyl groups is 1. The van der Waals surface area contributed by atoms with E-state index in [2.05, 4.69) is 30.9 Å². The van der Waals surface area contributed by atoms with Crippen LogP contribution >= 0.6 is 0 Å². The molecule has 7 rings (SSSR count). The Balaban J connectivity index is 1.23. The molecule has 0 aromatic heterocycles. The summed E-state index contributed by atoms with van der Waals surface area (Å²) >= 11 is 0. The third-order valence-corrected chi connectivity index (χ3v) is 10.5. The number of phenolic OH excluding ortho intramolecular Hbond substituents is 1. The van der Waals surface area contributed by atoms with Crippen LogP contribution in [0.4, 0.5) is 0 Å². The highest BCUT2D eigenvalue weighted by molar-refractivity contribution is 5.92. The maximum Gasteiger partial charge on any atom is 0.246 e.